The van der Waals surface area contributed by atoms with Crippen LogP contribution in [-0.2, 0) is 23.7 Å². The van der Waals surface area contributed by atoms with Gasteiger partial charge in [0.15, 0.2) is 0 Å². The second-order valence-corrected chi connectivity index (χ2v) is 9.15. The minimum Gasteiger partial charge on any atom is -0.379 e. The van der Waals surface area contributed by atoms with Gasteiger partial charge in [-0.1, -0.05) is 103 Å². The molecule has 0 aromatic rings. The van der Waals surface area contributed by atoms with Crippen LogP contribution in [0.4, 0.5) is 0 Å². The molecule has 0 radical (unpaired) electrons. The van der Waals surface area contributed by atoms with Gasteiger partial charge in [-0.2, -0.15) is 0 Å². The zero-order valence-electron chi connectivity index (χ0n) is 22.7. The standard InChI is InChI=1S/C28H59NO5/c1-2-3-4-5-6-7-8-9-10-11-12-13-14-15-16-17-19-30-21-23-32-25-27-34-28-26-33-24-22-31-20-18-29/h2-29H2,1H3. The summed E-state index contributed by atoms with van der Waals surface area (Å²) in [6.07, 6.45) is 22.4. The van der Waals surface area contributed by atoms with Gasteiger partial charge in [-0.05, 0) is 6.42 Å². The molecule has 0 aromatic carbocycles. The van der Waals surface area contributed by atoms with Crippen LogP contribution in [0.1, 0.15) is 110 Å². The molecule has 0 aromatic heterocycles. The Morgan fingerprint density at radius 1 is 0.324 bits per heavy atom. The van der Waals surface area contributed by atoms with Gasteiger partial charge in [-0.25, -0.2) is 0 Å². The van der Waals surface area contributed by atoms with Crippen LogP contribution in [0.3, 0.4) is 0 Å². The maximum absolute atomic E-state index is 5.65. The second-order valence-electron chi connectivity index (χ2n) is 9.15. The number of hydrogen-bond acceptors (Lipinski definition) is 6. The van der Waals surface area contributed by atoms with Crippen molar-refractivity contribution >= 4 is 0 Å². The van der Waals surface area contributed by atoms with Crippen LogP contribution in [-0.4, -0.2) is 72.6 Å². The summed E-state index contributed by atoms with van der Waals surface area (Å²) in [5.41, 5.74) is 5.33. The topological polar surface area (TPSA) is 72.2 Å². The van der Waals surface area contributed by atoms with Gasteiger partial charge < -0.3 is 29.4 Å². The number of rotatable bonds is 31. The van der Waals surface area contributed by atoms with Crippen LogP contribution in [0.5, 0.6) is 0 Å². The van der Waals surface area contributed by atoms with Crippen LogP contribution < -0.4 is 5.73 Å². The molecule has 6 heteroatoms. The zero-order valence-corrected chi connectivity index (χ0v) is 22.7. The minimum absolute atomic E-state index is 0.549. The van der Waals surface area contributed by atoms with Crippen molar-refractivity contribution in [2.24, 2.45) is 5.73 Å². The van der Waals surface area contributed by atoms with Crippen LogP contribution in [0.2, 0.25) is 0 Å². The fraction of sp³-hybridized carbons (Fsp3) is 1.00. The maximum atomic E-state index is 5.65. The molecule has 0 amide bonds. The molecule has 0 unspecified atom stereocenters. The third-order valence-corrected chi connectivity index (χ3v) is 5.89. The Morgan fingerprint density at radius 2 is 0.588 bits per heavy atom. The van der Waals surface area contributed by atoms with Crippen molar-refractivity contribution in [2.75, 3.05) is 72.6 Å². The molecule has 206 valence electrons. The highest BCUT2D eigenvalue weighted by Crippen LogP contribution is 2.13. The van der Waals surface area contributed by atoms with Crippen molar-refractivity contribution in [3.8, 4) is 0 Å². The lowest BCUT2D eigenvalue weighted by atomic mass is 10.0. The summed E-state index contributed by atoms with van der Waals surface area (Å²) in [5.74, 6) is 0. The van der Waals surface area contributed by atoms with Crippen LogP contribution in [0.25, 0.3) is 0 Å². The largest absolute Gasteiger partial charge is 0.379 e. The molecule has 0 spiro atoms. The van der Waals surface area contributed by atoms with Gasteiger partial charge in [0.2, 0.25) is 0 Å². The van der Waals surface area contributed by atoms with Crippen LogP contribution in [0, 0.1) is 0 Å². The fourth-order valence-electron chi connectivity index (χ4n) is 3.82. The number of hydrogen-bond donors (Lipinski definition) is 1. The number of unbranched alkanes of at least 4 members (excludes halogenated alkanes) is 15. The van der Waals surface area contributed by atoms with Gasteiger partial charge in [0.05, 0.1) is 59.5 Å². The molecule has 0 atom stereocenters. The van der Waals surface area contributed by atoms with Gasteiger partial charge in [0.25, 0.3) is 0 Å². The van der Waals surface area contributed by atoms with Crippen molar-refractivity contribution in [1.82, 2.24) is 0 Å². The van der Waals surface area contributed by atoms with Crippen molar-refractivity contribution in [3.05, 3.63) is 0 Å². The summed E-state index contributed by atoms with van der Waals surface area (Å²) in [7, 11) is 0. The summed E-state index contributed by atoms with van der Waals surface area (Å²) in [6, 6.07) is 0. The molecular formula is C28H59NO5. The van der Waals surface area contributed by atoms with E-state index in [0.717, 1.165) is 6.61 Å². The predicted octanol–water partition coefficient (Wildman–Crippen LogP) is 6.29. The second kappa shape index (κ2) is 32.8. The fourth-order valence-corrected chi connectivity index (χ4v) is 3.82. The van der Waals surface area contributed by atoms with E-state index in [-0.39, 0.29) is 0 Å². The van der Waals surface area contributed by atoms with E-state index < -0.39 is 0 Å². The third kappa shape index (κ3) is 31.8. The Labute approximate surface area is 212 Å². The molecule has 2 N–H and O–H groups in total. The highest BCUT2D eigenvalue weighted by Gasteiger charge is 1.96. The average Bonchev–Trinajstić information content (AvgIpc) is 2.85. The van der Waals surface area contributed by atoms with Gasteiger partial charge >= 0.3 is 0 Å². The SMILES string of the molecule is CCCCCCCCCCCCCCCCCCOCCOCCOCCOCCOCCN. The van der Waals surface area contributed by atoms with Crippen LogP contribution in [0.15, 0.2) is 0 Å². The van der Waals surface area contributed by atoms with E-state index >= 15 is 0 Å². The quantitative estimate of drug-likeness (QED) is 0.115. The summed E-state index contributed by atoms with van der Waals surface area (Å²) in [4.78, 5) is 0. The zero-order chi connectivity index (χ0) is 24.6. The van der Waals surface area contributed by atoms with E-state index in [1.807, 2.05) is 0 Å². The molecule has 0 rings (SSSR count). The smallest absolute Gasteiger partial charge is 0.0701 e. The Kier molecular flexibility index (Phi) is 32.5. The normalized spacial score (nSPS) is 11.5. The molecule has 6 nitrogen and oxygen atoms in total. The molecule has 34 heavy (non-hydrogen) atoms. The molecule has 0 heterocycles. The third-order valence-electron chi connectivity index (χ3n) is 5.89. The first kappa shape index (κ1) is 33.8. The Morgan fingerprint density at radius 3 is 0.912 bits per heavy atom. The van der Waals surface area contributed by atoms with Gasteiger partial charge in [0, 0.05) is 13.2 Å². The van der Waals surface area contributed by atoms with Crippen molar-refractivity contribution in [1.29, 1.82) is 0 Å². The monoisotopic (exact) mass is 489 g/mol. The Balaban J connectivity index is 2.99. The van der Waals surface area contributed by atoms with E-state index in [1.54, 1.807) is 0 Å². The molecule has 0 aliphatic carbocycles. The van der Waals surface area contributed by atoms with Crippen molar-refractivity contribution in [3.63, 3.8) is 0 Å². The molecule has 0 aliphatic rings. The lowest BCUT2D eigenvalue weighted by molar-refractivity contribution is -0.0107. The predicted molar refractivity (Wildman–Crippen MR) is 143 cm³/mol. The first-order chi connectivity index (χ1) is 16.9. The van der Waals surface area contributed by atoms with Crippen molar-refractivity contribution < 1.29 is 23.7 Å². The molecule has 0 saturated carbocycles. The van der Waals surface area contributed by atoms with Gasteiger partial charge in [-0.15, -0.1) is 0 Å². The highest BCUT2D eigenvalue weighted by molar-refractivity contribution is 4.50. The average molecular weight is 490 g/mol. The van der Waals surface area contributed by atoms with E-state index in [0.29, 0.717) is 66.0 Å². The molecule has 0 aliphatic heterocycles. The first-order valence-electron chi connectivity index (χ1n) is 14.5. The van der Waals surface area contributed by atoms with E-state index in [2.05, 4.69) is 6.92 Å². The first-order valence-corrected chi connectivity index (χ1v) is 14.5. The lowest BCUT2D eigenvalue weighted by Gasteiger charge is -2.08. The summed E-state index contributed by atoms with van der Waals surface area (Å²) in [6.45, 7) is 9.09. The van der Waals surface area contributed by atoms with E-state index in [9.17, 15) is 0 Å². The molecule has 0 fully saturated rings. The maximum Gasteiger partial charge on any atom is 0.0701 e. The van der Waals surface area contributed by atoms with Gasteiger partial charge in [0.1, 0.15) is 0 Å². The Bertz CT molecular complexity index is 315. The number of ether oxygens (including phenoxy) is 5. The van der Waals surface area contributed by atoms with E-state index in [1.165, 1.54) is 103 Å². The lowest BCUT2D eigenvalue weighted by Crippen LogP contribution is -2.14. The van der Waals surface area contributed by atoms with Crippen molar-refractivity contribution in [2.45, 2.75) is 110 Å². The number of nitrogens with two attached hydrogens (primary N) is 1. The minimum atomic E-state index is 0.549. The summed E-state index contributed by atoms with van der Waals surface area (Å²) in [5, 5.41) is 0. The summed E-state index contributed by atoms with van der Waals surface area (Å²) >= 11 is 0. The molecule has 0 saturated heterocycles. The molecular weight excluding hydrogens is 430 g/mol. The van der Waals surface area contributed by atoms with E-state index in [4.69, 9.17) is 29.4 Å². The summed E-state index contributed by atoms with van der Waals surface area (Å²) < 4.78 is 27.2. The highest BCUT2D eigenvalue weighted by atomic mass is 16.6. The Hall–Kier alpha value is -0.240. The molecule has 0 bridgehead atoms. The van der Waals surface area contributed by atoms with Gasteiger partial charge in [-0.3, -0.25) is 0 Å². The van der Waals surface area contributed by atoms with Crippen LogP contribution >= 0.6 is 0 Å².